The highest BCUT2D eigenvalue weighted by Crippen LogP contribution is 2.35. The van der Waals surface area contributed by atoms with E-state index in [0.29, 0.717) is 35.5 Å². The molecule has 0 bridgehead atoms. The summed E-state index contributed by atoms with van der Waals surface area (Å²) in [5.41, 5.74) is 1.64. The van der Waals surface area contributed by atoms with E-state index >= 15 is 0 Å². The third-order valence-corrected chi connectivity index (χ3v) is 6.67. The third kappa shape index (κ3) is 5.99. The Hall–Kier alpha value is -4.27. The molecule has 0 fully saturated rings. The van der Waals surface area contributed by atoms with Crippen LogP contribution in [0.25, 0.3) is 0 Å². The number of carbonyl (C=O) groups is 2. The summed E-state index contributed by atoms with van der Waals surface area (Å²) in [5, 5.41) is 23.1. The molecule has 0 aliphatic carbocycles. The molecule has 1 amide bonds. The van der Waals surface area contributed by atoms with Gasteiger partial charge < -0.3 is 29.6 Å². The molecule has 0 unspecified atom stereocenters. The molecule has 0 saturated heterocycles. The summed E-state index contributed by atoms with van der Waals surface area (Å²) >= 11 is 0. The van der Waals surface area contributed by atoms with E-state index < -0.39 is 29.5 Å². The topological polar surface area (TPSA) is 127 Å². The highest BCUT2D eigenvalue weighted by atomic mass is 16.7. The van der Waals surface area contributed by atoms with Crippen LogP contribution in [0.1, 0.15) is 66.9 Å². The van der Waals surface area contributed by atoms with Gasteiger partial charge in [0.2, 0.25) is 12.7 Å². The van der Waals surface area contributed by atoms with Crippen molar-refractivity contribution in [2.24, 2.45) is 0 Å². The predicted molar refractivity (Wildman–Crippen MR) is 141 cm³/mol. The Bertz CT molecular complexity index is 1370. The van der Waals surface area contributed by atoms with E-state index in [4.69, 9.17) is 9.47 Å². The molecule has 0 spiro atoms. The number of carboxylic acids is 1. The van der Waals surface area contributed by atoms with Crippen LogP contribution in [0.5, 0.6) is 17.2 Å². The van der Waals surface area contributed by atoms with Crippen molar-refractivity contribution in [3.8, 4) is 17.2 Å². The van der Waals surface area contributed by atoms with Crippen molar-refractivity contribution in [3.63, 3.8) is 0 Å². The van der Waals surface area contributed by atoms with Crippen molar-refractivity contribution < 1.29 is 29.3 Å². The Balaban J connectivity index is 1.68. The normalized spacial score (nSPS) is 13.6. The molecular weight excluding hydrogens is 488 g/mol. The molecule has 0 saturated carbocycles. The number of aromatic hydroxyl groups is 1. The number of fused-ring (bicyclic) bond motifs is 1. The largest absolute Gasteiger partial charge is 0.507 e. The molecule has 4 rings (SSSR count). The standard InChI is InChI=1S/C29H32N2O7/c1-3-4-10-23(31-16-18(2)27(34)21(29(31)36)13-19-8-6-5-7-9-19)28(35)30-22(15-26(32)33)20-11-12-24-25(14-20)38-17-37-24/h5-9,11-12,14,16,22-23,34H,3-4,10,13,15,17H2,1-2H3,(H,30,35)(H,32,33)/t22-,23+/m0/s1. The molecule has 200 valence electrons. The van der Waals surface area contributed by atoms with Gasteiger partial charge in [-0.2, -0.15) is 0 Å². The average molecular weight is 521 g/mol. The van der Waals surface area contributed by atoms with E-state index in [2.05, 4.69) is 5.32 Å². The molecule has 2 atom stereocenters. The Labute approximate surface area is 220 Å². The van der Waals surface area contributed by atoms with Crippen LogP contribution in [0.2, 0.25) is 0 Å². The van der Waals surface area contributed by atoms with Crippen molar-refractivity contribution in [2.75, 3.05) is 6.79 Å². The third-order valence-electron chi connectivity index (χ3n) is 6.67. The lowest BCUT2D eigenvalue weighted by molar-refractivity contribution is -0.138. The number of hydrogen-bond donors (Lipinski definition) is 3. The van der Waals surface area contributed by atoms with E-state index in [9.17, 15) is 24.6 Å². The number of carbonyl (C=O) groups excluding carboxylic acids is 1. The van der Waals surface area contributed by atoms with Crippen LogP contribution < -0.4 is 20.3 Å². The number of ether oxygens (including phenoxy) is 2. The summed E-state index contributed by atoms with van der Waals surface area (Å²) in [6.07, 6.45) is 3.21. The Kier molecular flexibility index (Phi) is 8.35. The van der Waals surface area contributed by atoms with E-state index in [-0.39, 0.29) is 30.9 Å². The van der Waals surface area contributed by atoms with Gasteiger partial charge in [0.15, 0.2) is 11.5 Å². The number of aliphatic carboxylic acids is 1. The Morgan fingerprint density at radius 1 is 1.11 bits per heavy atom. The molecule has 3 aromatic rings. The average Bonchev–Trinajstić information content (AvgIpc) is 3.37. The fraction of sp³-hybridized carbons (Fsp3) is 0.345. The predicted octanol–water partition coefficient (Wildman–Crippen LogP) is 4.25. The molecule has 1 aliphatic heterocycles. The summed E-state index contributed by atoms with van der Waals surface area (Å²) in [7, 11) is 0. The second kappa shape index (κ2) is 11.9. The smallest absolute Gasteiger partial charge is 0.305 e. The van der Waals surface area contributed by atoms with Crippen molar-refractivity contribution >= 4 is 11.9 Å². The van der Waals surface area contributed by atoms with Crippen LogP contribution in [-0.2, 0) is 16.0 Å². The zero-order valence-corrected chi connectivity index (χ0v) is 21.5. The summed E-state index contributed by atoms with van der Waals surface area (Å²) in [5.74, 6) is -0.618. The first-order chi connectivity index (χ1) is 18.3. The second-order valence-corrected chi connectivity index (χ2v) is 9.44. The van der Waals surface area contributed by atoms with E-state index in [0.717, 1.165) is 12.0 Å². The minimum atomic E-state index is -1.08. The summed E-state index contributed by atoms with van der Waals surface area (Å²) < 4.78 is 12.1. The molecule has 3 N–H and O–H groups in total. The summed E-state index contributed by atoms with van der Waals surface area (Å²) in [6, 6.07) is 12.6. The summed E-state index contributed by atoms with van der Waals surface area (Å²) in [6.45, 7) is 3.75. The minimum absolute atomic E-state index is 0.0717. The molecule has 2 aromatic carbocycles. The molecule has 9 heteroatoms. The highest BCUT2D eigenvalue weighted by Gasteiger charge is 2.28. The lowest BCUT2D eigenvalue weighted by atomic mass is 10.0. The SMILES string of the molecule is CCCC[C@H](C(=O)N[C@@H](CC(=O)O)c1ccc2c(c1)OCO2)n1cc(C)c(O)c(Cc2ccccc2)c1=O. The number of carboxylic acid groups (broad SMARTS) is 1. The maximum Gasteiger partial charge on any atom is 0.305 e. The fourth-order valence-corrected chi connectivity index (χ4v) is 4.63. The van der Waals surface area contributed by atoms with Gasteiger partial charge in [0.1, 0.15) is 11.8 Å². The monoisotopic (exact) mass is 520 g/mol. The number of unbranched alkanes of at least 4 members (excludes halogenated alkanes) is 1. The lowest BCUT2D eigenvalue weighted by Crippen LogP contribution is -2.40. The van der Waals surface area contributed by atoms with Crippen molar-refractivity contribution in [1.82, 2.24) is 9.88 Å². The number of benzene rings is 2. The molecule has 2 heterocycles. The zero-order chi connectivity index (χ0) is 27.2. The number of pyridine rings is 1. The molecule has 1 aliphatic rings. The second-order valence-electron chi connectivity index (χ2n) is 9.44. The van der Waals surface area contributed by atoms with Crippen molar-refractivity contribution in [1.29, 1.82) is 0 Å². The number of rotatable bonds is 11. The maximum absolute atomic E-state index is 13.7. The van der Waals surface area contributed by atoms with Crippen molar-refractivity contribution in [2.45, 2.75) is 58.0 Å². The first-order valence-electron chi connectivity index (χ1n) is 12.7. The summed E-state index contributed by atoms with van der Waals surface area (Å²) in [4.78, 5) is 39.0. The van der Waals surface area contributed by atoms with Gasteiger partial charge in [-0.25, -0.2) is 0 Å². The molecule has 9 nitrogen and oxygen atoms in total. The van der Waals surface area contributed by atoms with Gasteiger partial charge in [0.05, 0.1) is 18.0 Å². The van der Waals surface area contributed by atoms with E-state index in [1.54, 1.807) is 25.1 Å². The minimum Gasteiger partial charge on any atom is -0.507 e. The Morgan fingerprint density at radius 2 is 1.84 bits per heavy atom. The van der Waals surface area contributed by atoms with Gasteiger partial charge in [-0.1, -0.05) is 56.2 Å². The van der Waals surface area contributed by atoms with Gasteiger partial charge in [0, 0.05) is 18.2 Å². The molecule has 38 heavy (non-hydrogen) atoms. The molecule has 1 aromatic heterocycles. The molecular formula is C29H32N2O7. The number of aryl methyl sites for hydroxylation is 1. The van der Waals surface area contributed by atoms with E-state index in [1.165, 1.54) is 10.8 Å². The van der Waals surface area contributed by atoms with Crippen molar-refractivity contribution in [3.05, 3.63) is 87.3 Å². The lowest BCUT2D eigenvalue weighted by Gasteiger charge is -2.25. The number of amides is 1. The number of hydrogen-bond acceptors (Lipinski definition) is 6. The Morgan fingerprint density at radius 3 is 2.55 bits per heavy atom. The maximum atomic E-state index is 13.7. The van der Waals surface area contributed by atoms with Crippen LogP contribution in [0.15, 0.2) is 59.5 Å². The zero-order valence-electron chi connectivity index (χ0n) is 21.5. The van der Waals surface area contributed by atoms with Gasteiger partial charge in [-0.05, 0) is 36.6 Å². The quantitative estimate of drug-likeness (QED) is 0.345. The fourth-order valence-electron chi connectivity index (χ4n) is 4.63. The van der Waals surface area contributed by atoms with Crippen LogP contribution in [0, 0.1) is 6.92 Å². The van der Waals surface area contributed by atoms with Crippen LogP contribution in [0.4, 0.5) is 0 Å². The first-order valence-corrected chi connectivity index (χ1v) is 12.7. The number of nitrogens with one attached hydrogen (secondary N) is 1. The number of aromatic nitrogens is 1. The van der Waals surface area contributed by atoms with Crippen LogP contribution >= 0.6 is 0 Å². The molecule has 0 radical (unpaired) electrons. The van der Waals surface area contributed by atoms with Crippen LogP contribution in [0.3, 0.4) is 0 Å². The number of nitrogens with zero attached hydrogens (tertiary/aromatic N) is 1. The first kappa shape index (κ1) is 26.8. The van der Waals surface area contributed by atoms with E-state index in [1.807, 2.05) is 37.3 Å². The van der Waals surface area contributed by atoms with Gasteiger partial charge in [-0.15, -0.1) is 0 Å². The highest BCUT2D eigenvalue weighted by molar-refractivity contribution is 5.81. The van der Waals surface area contributed by atoms with Gasteiger partial charge in [0.25, 0.3) is 5.56 Å². The van der Waals surface area contributed by atoms with Crippen LogP contribution in [-0.4, -0.2) is 33.4 Å². The van der Waals surface area contributed by atoms with Gasteiger partial charge in [-0.3, -0.25) is 14.4 Å². The van der Waals surface area contributed by atoms with Gasteiger partial charge >= 0.3 is 5.97 Å².